The average Bonchev–Trinajstić information content (AvgIpc) is 3.17. The van der Waals surface area contributed by atoms with Gasteiger partial charge in [-0.15, -0.1) is 0 Å². The zero-order valence-corrected chi connectivity index (χ0v) is 18.5. The largest absolute Gasteiger partial charge is 0.378 e. The normalized spacial score (nSPS) is 12.8. The number of amides is 1. The number of benzene rings is 3. The second-order valence-corrected chi connectivity index (χ2v) is 8.30. The maximum atomic E-state index is 12.6. The molecule has 5 nitrogen and oxygen atoms in total. The van der Waals surface area contributed by atoms with E-state index in [1.54, 1.807) is 6.21 Å². The number of rotatable bonds is 5. The van der Waals surface area contributed by atoms with E-state index in [1.165, 1.54) is 22.3 Å². The predicted molar refractivity (Wildman–Crippen MR) is 128 cm³/mol. The number of aryl methyl sites for hydroxylation is 2. The molecule has 0 aliphatic carbocycles. The van der Waals surface area contributed by atoms with Gasteiger partial charge in [-0.25, -0.2) is 5.43 Å². The van der Waals surface area contributed by atoms with Crippen LogP contribution >= 0.6 is 0 Å². The van der Waals surface area contributed by atoms with Gasteiger partial charge in [-0.3, -0.25) is 4.79 Å². The monoisotopic (exact) mass is 412 g/mol. The van der Waals surface area contributed by atoms with E-state index < -0.39 is 0 Å². The van der Waals surface area contributed by atoms with E-state index in [1.807, 2.05) is 61.5 Å². The summed E-state index contributed by atoms with van der Waals surface area (Å²) >= 11 is 0. The summed E-state index contributed by atoms with van der Waals surface area (Å²) in [5.41, 5.74) is 11.7. The van der Waals surface area contributed by atoms with E-state index in [0.717, 1.165) is 30.0 Å². The summed E-state index contributed by atoms with van der Waals surface area (Å²) in [7, 11) is 4.00. The number of carbonyl (C=O) groups excluding carboxylic acids is 1. The van der Waals surface area contributed by atoms with Crippen LogP contribution in [0.1, 0.15) is 38.2 Å². The van der Waals surface area contributed by atoms with E-state index in [2.05, 4.69) is 47.5 Å². The van der Waals surface area contributed by atoms with Crippen molar-refractivity contribution in [3.05, 3.63) is 94.0 Å². The molecule has 1 aliphatic rings. The Hall–Kier alpha value is -3.60. The van der Waals surface area contributed by atoms with E-state index >= 15 is 0 Å². The molecule has 0 bridgehead atoms. The molecule has 0 saturated carbocycles. The van der Waals surface area contributed by atoms with Gasteiger partial charge in [0, 0.05) is 44.1 Å². The molecule has 0 fully saturated rings. The quantitative estimate of drug-likeness (QED) is 0.490. The Bertz CT molecular complexity index is 1100. The van der Waals surface area contributed by atoms with E-state index in [9.17, 15) is 4.79 Å². The van der Waals surface area contributed by atoms with Gasteiger partial charge in [0.05, 0.1) is 6.21 Å². The summed E-state index contributed by atoms with van der Waals surface area (Å²) in [5, 5.41) is 4.12. The molecule has 31 heavy (non-hydrogen) atoms. The third-order valence-corrected chi connectivity index (χ3v) is 5.80. The first-order valence-electron chi connectivity index (χ1n) is 10.5. The fourth-order valence-electron chi connectivity index (χ4n) is 3.81. The molecule has 0 spiro atoms. The number of fused-ring (bicyclic) bond motifs is 1. The fourth-order valence-corrected chi connectivity index (χ4v) is 3.81. The average molecular weight is 413 g/mol. The van der Waals surface area contributed by atoms with Crippen LogP contribution in [0.5, 0.6) is 0 Å². The van der Waals surface area contributed by atoms with Gasteiger partial charge < -0.3 is 9.80 Å². The molecule has 0 radical (unpaired) electrons. The lowest BCUT2D eigenvalue weighted by Crippen LogP contribution is -2.19. The Labute approximate surface area is 184 Å². The molecule has 3 aromatic rings. The topological polar surface area (TPSA) is 47.9 Å². The van der Waals surface area contributed by atoms with Crippen LogP contribution in [0.25, 0.3) is 0 Å². The van der Waals surface area contributed by atoms with Crippen molar-refractivity contribution in [1.29, 1.82) is 0 Å². The molecule has 0 saturated heterocycles. The molecule has 5 heteroatoms. The number of carbonyl (C=O) groups is 1. The van der Waals surface area contributed by atoms with Gasteiger partial charge in [-0.2, -0.15) is 5.10 Å². The maximum absolute atomic E-state index is 12.6. The third-order valence-electron chi connectivity index (χ3n) is 5.80. The summed E-state index contributed by atoms with van der Waals surface area (Å²) in [6.07, 6.45) is 1.66. The molecule has 4 rings (SSSR count). The van der Waals surface area contributed by atoms with Crippen LogP contribution in [0.3, 0.4) is 0 Å². The van der Waals surface area contributed by atoms with Gasteiger partial charge in [0.1, 0.15) is 0 Å². The van der Waals surface area contributed by atoms with Gasteiger partial charge in [-0.1, -0.05) is 30.3 Å². The van der Waals surface area contributed by atoms with Crippen molar-refractivity contribution in [2.45, 2.75) is 26.9 Å². The first-order chi connectivity index (χ1) is 14.9. The first-order valence-corrected chi connectivity index (χ1v) is 10.5. The van der Waals surface area contributed by atoms with Crippen LogP contribution in [0.15, 0.2) is 65.8 Å². The summed E-state index contributed by atoms with van der Waals surface area (Å²) in [6, 6.07) is 20.3. The number of hydrazone groups is 1. The lowest BCUT2D eigenvalue weighted by molar-refractivity contribution is 0.0955. The van der Waals surface area contributed by atoms with E-state index in [0.29, 0.717) is 5.56 Å². The number of anilines is 2. The molecule has 1 aliphatic heterocycles. The summed E-state index contributed by atoms with van der Waals surface area (Å²) < 4.78 is 0. The van der Waals surface area contributed by atoms with Crippen LogP contribution in [0.4, 0.5) is 11.4 Å². The summed E-state index contributed by atoms with van der Waals surface area (Å²) in [4.78, 5) is 16.9. The number of hydrogen-bond acceptors (Lipinski definition) is 4. The van der Waals surface area contributed by atoms with Crippen LogP contribution in [-0.2, 0) is 13.1 Å². The highest BCUT2D eigenvalue weighted by Crippen LogP contribution is 2.30. The molecular weight excluding hydrogens is 384 g/mol. The Balaban J connectivity index is 1.41. The van der Waals surface area contributed by atoms with Crippen molar-refractivity contribution in [1.82, 2.24) is 5.43 Å². The maximum Gasteiger partial charge on any atom is 0.271 e. The van der Waals surface area contributed by atoms with E-state index in [-0.39, 0.29) is 5.91 Å². The van der Waals surface area contributed by atoms with Crippen molar-refractivity contribution in [2.75, 3.05) is 23.9 Å². The minimum absolute atomic E-state index is 0.216. The van der Waals surface area contributed by atoms with Crippen molar-refractivity contribution >= 4 is 23.5 Å². The predicted octanol–water partition coefficient (Wildman–Crippen LogP) is 4.65. The van der Waals surface area contributed by atoms with Crippen molar-refractivity contribution in [3.8, 4) is 0 Å². The van der Waals surface area contributed by atoms with Gasteiger partial charge in [-0.05, 0) is 72.0 Å². The van der Waals surface area contributed by atoms with Crippen LogP contribution < -0.4 is 15.2 Å². The zero-order chi connectivity index (χ0) is 22.0. The fraction of sp³-hybridized carbons (Fsp3) is 0.231. The second-order valence-electron chi connectivity index (χ2n) is 8.30. The Kier molecular flexibility index (Phi) is 5.76. The molecule has 0 unspecified atom stereocenters. The summed E-state index contributed by atoms with van der Waals surface area (Å²) in [5.74, 6) is -0.216. The highest BCUT2D eigenvalue weighted by atomic mass is 16.2. The van der Waals surface area contributed by atoms with Gasteiger partial charge in [0.25, 0.3) is 5.91 Å². The number of nitrogens with zero attached hydrogens (tertiary/aromatic N) is 3. The minimum Gasteiger partial charge on any atom is -0.378 e. The lowest BCUT2D eigenvalue weighted by Gasteiger charge is -2.18. The Morgan fingerprint density at radius 2 is 1.61 bits per heavy atom. The molecule has 1 amide bonds. The molecule has 3 aromatic carbocycles. The lowest BCUT2D eigenvalue weighted by atomic mass is 10.0. The SMILES string of the molecule is Cc1cc2c(cc1C)CN(c1cccc(C(=O)N/N=C\c3ccc(N(C)C)cc3)c1)C2. The van der Waals surface area contributed by atoms with Gasteiger partial charge >= 0.3 is 0 Å². The van der Waals surface area contributed by atoms with Crippen LogP contribution in [-0.4, -0.2) is 26.2 Å². The standard InChI is InChI=1S/C26H28N4O/c1-18-12-22-16-30(17-23(22)13-19(18)2)25-7-5-6-21(14-25)26(31)28-27-15-20-8-10-24(11-9-20)29(3)4/h5-15H,16-17H2,1-4H3,(H,28,31)/b27-15-. The smallest absolute Gasteiger partial charge is 0.271 e. The van der Waals surface area contributed by atoms with Gasteiger partial charge in [0.2, 0.25) is 0 Å². The van der Waals surface area contributed by atoms with Gasteiger partial charge in [0.15, 0.2) is 0 Å². The Morgan fingerprint density at radius 3 is 2.23 bits per heavy atom. The van der Waals surface area contributed by atoms with Crippen molar-refractivity contribution < 1.29 is 4.79 Å². The third kappa shape index (κ3) is 4.61. The van der Waals surface area contributed by atoms with Crippen molar-refractivity contribution in [3.63, 3.8) is 0 Å². The minimum atomic E-state index is -0.216. The highest BCUT2D eigenvalue weighted by Gasteiger charge is 2.20. The molecule has 1 heterocycles. The zero-order valence-electron chi connectivity index (χ0n) is 18.5. The number of hydrogen-bond donors (Lipinski definition) is 1. The molecular formula is C26H28N4O. The molecule has 0 aromatic heterocycles. The van der Waals surface area contributed by atoms with E-state index in [4.69, 9.17) is 0 Å². The highest BCUT2D eigenvalue weighted by molar-refractivity contribution is 5.95. The number of nitrogens with one attached hydrogen (secondary N) is 1. The first kappa shape index (κ1) is 20.7. The van der Waals surface area contributed by atoms with Crippen molar-refractivity contribution in [2.24, 2.45) is 5.10 Å². The summed E-state index contributed by atoms with van der Waals surface area (Å²) in [6.45, 7) is 6.03. The van der Waals surface area contributed by atoms with Crippen LogP contribution in [0.2, 0.25) is 0 Å². The molecule has 158 valence electrons. The second kappa shape index (κ2) is 8.64. The Morgan fingerprint density at radius 1 is 0.968 bits per heavy atom. The molecule has 0 atom stereocenters. The van der Waals surface area contributed by atoms with Crippen LogP contribution in [0, 0.1) is 13.8 Å². The molecule has 1 N–H and O–H groups in total.